The van der Waals surface area contributed by atoms with Crippen molar-refractivity contribution < 1.29 is 18.6 Å². The maximum absolute atomic E-state index is 12.9. The zero-order valence-electron chi connectivity index (χ0n) is 16.6. The van der Waals surface area contributed by atoms with Crippen LogP contribution >= 0.6 is 11.3 Å². The largest absolute Gasteiger partial charge is 0.493 e. The van der Waals surface area contributed by atoms with Crippen molar-refractivity contribution >= 4 is 23.1 Å². The van der Waals surface area contributed by atoms with Gasteiger partial charge < -0.3 is 23.5 Å². The minimum atomic E-state index is -0.0973. The number of anilines is 1. The van der Waals surface area contributed by atoms with Crippen LogP contribution in [0.1, 0.15) is 11.5 Å². The van der Waals surface area contributed by atoms with E-state index in [2.05, 4.69) is 4.99 Å². The van der Waals surface area contributed by atoms with Gasteiger partial charge in [0, 0.05) is 23.9 Å². The van der Waals surface area contributed by atoms with Crippen molar-refractivity contribution in [3.8, 4) is 17.2 Å². The Morgan fingerprint density at radius 3 is 2.45 bits per heavy atom. The lowest BCUT2D eigenvalue weighted by atomic mass is 10.2. The standard InChI is InChI=1S/C20H21N3O5S/c1-12-5-6-14(28-12)9-17-19(24)23-11-22(10-21-20(23)29-17)13-7-15(25-2)18(27-4)16(8-13)26-3/h5-9H,10-11H2,1-4H3. The van der Waals surface area contributed by atoms with E-state index in [9.17, 15) is 4.79 Å². The molecule has 3 aromatic rings. The predicted molar refractivity (Wildman–Crippen MR) is 110 cm³/mol. The lowest BCUT2D eigenvalue weighted by Gasteiger charge is -2.27. The molecule has 1 aliphatic heterocycles. The Labute approximate surface area is 170 Å². The summed E-state index contributed by atoms with van der Waals surface area (Å²) in [6.45, 7) is 2.66. The summed E-state index contributed by atoms with van der Waals surface area (Å²) in [5.41, 5.74) is 0.721. The third kappa shape index (κ3) is 3.49. The highest BCUT2D eigenvalue weighted by atomic mass is 32.1. The minimum Gasteiger partial charge on any atom is -0.493 e. The molecule has 1 aromatic carbocycles. The van der Waals surface area contributed by atoms with Gasteiger partial charge in [0.1, 0.15) is 24.9 Å². The monoisotopic (exact) mass is 415 g/mol. The van der Waals surface area contributed by atoms with Crippen LogP contribution in [0.3, 0.4) is 0 Å². The summed E-state index contributed by atoms with van der Waals surface area (Å²) >= 11 is 1.36. The molecule has 0 N–H and O–H groups in total. The summed E-state index contributed by atoms with van der Waals surface area (Å²) < 4.78 is 24.0. The van der Waals surface area contributed by atoms with Crippen LogP contribution in [-0.4, -0.2) is 32.6 Å². The summed E-state index contributed by atoms with van der Waals surface area (Å²) in [6.07, 6.45) is 1.75. The highest BCUT2D eigenvalue weighted by molar-refractivity contribution is 7.07. The molecule has 0 fully saturated rings. The van der Waals surface area contributed by atoms with Crippen molar-refractivity contribution in [3.05, 3.63) is 55.5 Å². The van der Waals surface area contributed by atoms with Crippen molar-refractivity contribution in [1.82, 2.24) is 4.57 Å². The lowest BCUT2D eigenvalue weighted by molar-refractivity contribution is 0.324. The van der Waals surface area contributed by atoms with Crippen LogP contribution in [0.4, 0.5) is 5.69 Å². The number of aromatic nitrogens is 1. The molecular weight excluding hydrogens is 394 g/mol. The molecule has 0 aliphatic carbocycles. The first kappa shape index (κ1) is 19.1. The van der Waals surface area contributed by atoms with E-state index in [4.69, 9.17) is 18.6 Å². The summed E-state index contributed by atoms with van der Waals surface area (Å²) in [7, 11) is 4.70. The van der Waals surface area contributed by atoms with E-state index in [1.807, 2.05) is 36.1 Å². The zero-order chi connectivity index (χ0) is 20.5. The first-order valence-electron chi connectivity index (χ1n) is 8.91. The summed E-state index contributed by atoms with van der Waals surface area (Å²) in [5.74, 6) is 3.07. The Bertz CT molecular complexity index is 1200. The fraction of sp³-hybridized carbons (Fsp3) is 0.300. The van der Waals surface area contributed by atoms with Gasteiger partial charge in [0.05, 0.1) is 25.9 Å². The molecule has 3 heterocycles. The van der Waals surface area contributed by atoms with Crippen LogP contribution in [-0.2, 0) is 6.67 Å². The smallest absolute Gasteiger partial charge is 0.271 e. The van der Waals surface area contributed by atoms with Crippen LogP contribution in [0.25, 0.3) is 6.08 Å². The Kier molecular flexibility index (Phi) is 5.06. The summed E-state index contributed by atoms with van der Waals surface area (Å²) in [4.78, 5) is 20.1. The fourth-order valence-corrected chi connectivity index (χ4v) is 4.13. The van der Waals surface area contributed by atoms with Gasteiger partial charge in [-0.3, -0.25) is 9.36 Å². The second-order valence-electron chi connectivity index (χ2n) is 6.44. The number of ether oxygens (including phenoxy) is 3. The topological polar surface area (TPSA) is 78.4 Å². The van der Waals surface area contributed by atoms with Crippen molar-refractivity contribution in [2.45, 2.75) is 13.6 Å². The Balaban J connectivity index is 1.71. The number of furan rings is 1. The van der Waals surface area contributed by atoms with Gasteiger partial charge in [0.15, 0.2) is 16.3 Å². The number of hydrogen-bond donors (Lipinski definition) is 0. The van der Waals surface area contributed by atoms with E-state index < -0.39 is 0 Å². The molecule has 2 aromatic heterocycles. The molecule has 0 saturated carbocycles. The summed E-state index contributed by atoms with van der Waals surface area (Å²) in [5, 5.41) is 0. The minimum absolute atomic E-state index is 0.0973. The molecule has 29 heavy (non-hydrogen) atoms. The van der Waals surface area contributed by atoms with E-state index >= 15 is 0 Å². The van der Waals surface area contributed by atoms with Gasteiger partial charge in [-0.1, -0.05) is 11.3 Å². The van der Waals surface area contributed by atoms with Crippen molar-refractivity contribution in [2.75, 3.05) is 32.9 Å². The fourth-order valence-electron chi connectivity index (χ4n) is 3.19. The Morgan fingerprint density at radius 2 is 1.86 bits per heavy atom. The molecule has 0 unspecified atom stereocenters. The van der Waals surface area contributed by atoms with E-state index in [1.54, 1.807) is 32.0 Å². The van der Waals surface area contributed by atoms with Gasteiger partial charge in [-0.25, -0.2) is 4.99 Å². The molecular formula is C20H21N3O5S. The molecule has 0 saturated heterocycles. The van der Waals surface area contributed by atoms with Crippen molar-refractivity contribution in [1.29, 1.82) is 0 Å². The molecule has 0 radical (unpaired) electrons. The van der Waals surface area contributed by atoms with E-state index in [-0.39, 0.29) is 5.56 Å². The molecule has 1 aliphatic rings. The number of methoxy groups -OCH3 is 3. The van der Waals surface area contributed by atoms with Gasteiger partial charge in [-0.15, -0.1) is 0 Å². The third-order valence-corrected chi connectivity index (χ3v) is 5.67. The predicted octanol–water partition coefficient (Wildman–Crippen LogP) is 1.72. The maximum atomic E-state index is 12.9. The molecule has 0 atom stereocenters. The second-order valence-corrected chi connectivity index (χ2v) is 7.45. The molecule has 8 nitrogen and oxygen atoms in total. The summed E-state index contributed by atoms with van der Waals surface area (Å²) in [6, 6.07) is 7.40. The Hall–Kier alpha value is -3.20. The lowest BCUT2D eigenvalue weighted by Crippen LogP contribution is -2.42. The Morgan fingerprint density at radius 1 is 1.14 bits per heavy atom. The number of rotatable bonds is 5. The van der Waals surface area contributed by atoms with E-state index in [1.165, 1.54) is 11.3 Å². The molecule has 0 spiro atoms. The molecule has 4 rings (SSSR count). The molecule has 0 amide bonds. The van der Waals surface area contributed by atoms with Crippen molar-refractivity contribution in [3.63, 3.8) is 0 Å². The number of thiazole rings is 1. The first-order valence-corrected chi connectivity index (χ1v) is 9.73. The van der Waals surface area contributed by atoms with Gasteiger partial charge >= 0.3 is 0 Å². The quantitative estimate of drug-likeness (QED) is 0.632. The number of fused-ring (bicyclic) bond motifs is 1. The number of benzene rings is 1. The molecule has 152 valence electrons. The van der Waals surface area contributed by atoms with Crippen LogP contribution in [0.2, 0.25) is 0 Å². The normalized spacial score (nSPS) is 13.8. The average molecular weight is 415 g/mol. The number of aryl methyl sites for hydroxylation is 1. The SMILES string of the molecule is COc1cc(N2CN=c3sc(=Cc4ccc(C)o4)c(=O)n3C2)cc(OC)c1OC. The van der Waals surface area contributed by atoms with Crippen LogP contribution in [0.5, 0.6) is 17.2 Å². The highest BCUT2D eigenvalue weighted by Crippen LogP contribution is 2.41. The van der Waals surface area contributed by atoms with Crippen LogP contribution in [0.15, 0.2) is 38.5 Å². The highest BCUT2D eigenvalue weighted by Gasteiger charge is 2.20. The zero-order valence-corrected chi connectivity index (χ0v) is 17.4. The van der Waals surface area contributed by atoms with Crippen molar-refractivity contribution in [2.24, 2.45) is 4.99 Å². The maximum Gasteiger partial charge on any atom is 0.271 e. The average Bonchev–Trinajstić information content (AvgIpc) is 3.29. The van der Waals surface area contributed by atoms with Gasteiger partial charge in [0.25, 0.3) is 5.56 Å². The van der Waals surface area contributed by atoms with Crippen LogP contribution in [0, 0.1) is 6.92 Å². The van der Waals surface area contributed by atoms with Crippen LogP contribution < -0.4 is 34.0 Å². The first-order chi connectivity index (χ1) is 14.0. The molecule has 9 heteroatoms. The van der Waals surface area contributed by atoms with E-state index in [0.717, 1.165) is 11.4 Å². The molecule has 0 bridgehead atoms. The van der Waals surface area contributed by atoms with Gasteiger partial charge in [-0.05, 0) is 19.1 Å². The van der Waals surface area contributed by atoms with E-state index in [0.29, 0.717) is 45.7 Å². The number of hydrogen-bond acceptors (Lipinski definition) is 8. The van der Waals surface area contributed by atoms with Gasteiger partial charge in [0.2, 0.25) is 5.75 Å². The third-order valence-electron chi connectivity index (χ3n) is 4.63. The van der Waals surface area contributed by atoms with Gasteiger partial charge in [-0.2, -0.15) is 0 Å². The number of nitrogens with zero attached hydrogens (tertiary/aromatic N) is 3. The second kappa shape index (κ2) is 7.67.